The van der Waals surface area contributed by atoms with Crippen LogP contribution in [-0.4, -0.2) is 57.4 Å². The van der Waals surface area contributed by atoms with E-state index in [2.05, 4.69) is 6.92 Å². The maximum Gasteiger partial charge on any atom is 0.226 e. The van der Waals surface area contributed by atoms with Crippen LogP contribution in [0.15, 0.2) is 0 Å². The van der Waals surface area contributed by atoms with Gasteiger partial charge in [-0.1, -0.05) is 6.92 Å². The molecule has 0 radical (unpaired) electrons. The van der Waals surface area contributed by atoms with Crippen molar-refractivity contribution in [3.63, 3.8) is 0 Å². The fraction of sp³-hybridized carbons (Fsp3) is 0.923. The molecular weight excluding hydrogens is 232 g/mol. The van der Waals surface area contributed by atoms with E-state index in [0.29, 0.717) is 38.8 Å². The topological polar surface area (TPSA) is 64.8 Å². The number of ether oxygens (including phenoxy) is 2. The highest BCUT2D eigenvalue weighted by atomic mass is 16.5. The molecule has 2 atom stereocenters. The Morgan fingerprint density at radius 3 is 2.89 bits per heavy atom. The van der Waals surface area contributed by atoms with Gasteiger partial charge in [0, 0.05) is 39.3 Å². The van der Waals surface area contributed by atoms with Crippen LogP contribution in [0.2, 0.25) is 0 Å². The van der Waals surface area contributed by atoms with Gasteiger partial charge < -0.3 is 20.1 Å². The summed E-state index contributed by atoms with van der Waals surface area (Å²) in [7, 11) is 1.66. The first-order chi connectivity index (χ1) is 8.70. The van der Waals surface area contributed by atoms with Gasteiger partial charge in [-0.3, -0.25) is 4.79 Å². The third kappa shape index (κ3) is 4.55. The summed E-state index contributed by atoms with van der Waals surface area (Å²) in [6.07, 6.45) is 1.67. The van der Waals surface area contributed by atoms with Crippen LogP contribution in [0.3, 0.4) is 0 Å². The normalized spacial score (nSPS) is 23.9. The molecule has 1 rings (SSSR count). The van der Waals surface area contributed by atoms with Gasteiger partial charge in [-0.2, -0.15) is 0 Å². The van der Waals surface area contributed by atoms with E-state index in [1.54, 1.807) is 7.11 Å². The number of methoxy groups -OCH3 is 1. The van der Waals surface area contributed by atoms with Crippen LogP contribution >= 0.6 is 0 Å². The molecular formula is C13H26N2O3. The number of nitrogens with two attached hydrogens (primary N) is 1. The maximum atomic E-state index is 12.5. The van der Waals surface area contributed by atoms with Crippen LogP contribution in [0.1, 0.15) is 19.8 Å². The van der Waals surface area contributed by atoms with Crippen molar-refractivity contribution in [2.24, 2.45) is 17.6 Å². The Hall–Kier alpha value is -0.650. The van der Waals surface area contributed by atoms with Gasteiger partial charge in [-0.15, -0.1) is 0 Å². The summed E-state index contributed by atoms with van der Waals surface area (Å²) in [4.78, 5) is 14.4. The van der Waals surface area contributed by atoms with Gasteiger partial charge >= 0.3 is 0 Å². The summed E-state index contributed by atoms with van der Waals surface area (Å²) in [6, 6.07) is 0. The minimum atomic E-state index is 0.0911. The van der Waals surface area contributed by atoms with Crippen LogP contribution < -0.4 is 5.73 Å². The molecule has 0 aliphatic carbocycles. The minimum Gasteiger partial charge on any atom is -0.383 e. The first kappa shape index (κ1) is 15.4. The molecule has 1 aliphatic rings. The Bertz CT molecular complexity index is 240. The smallest absolute Gasteiger partial charge is 0.226 e. The Kier molecular flexibility index (Phi) is 7.23. The third-order valence-corrected chi connectivity index (χ3v) is 3.47. The average Bonchev–Trinajstić information content (AvgIpc) is 2.39. The summed E-state index contributed by atoms with van der Waals surface area (Å²) in [5, 5.41) is 0. The molecule has 1 aliphatic heterocycles. The Morgan fingerprint density at radius 2 is 2.28 bits per heavy atom. The van der Waals surface area contributed by atoms with Crippen LogP contribution in [0, 0.1) is 11.8 Å². The maximum absolute atomic E-state index is 12.5. The van der Waals surface area contributed by atoms with Crippen molar-refractivity contribution in [1.29, 1.82) is 0 Å². The summed E-state index contributed by atoms with van der Waals surface area (Å²) >= 11 is 0. The zero-order valence-electron chi connectivity index (χ0n) is 11.6. The quantitative estimate of drug-likeness (QED) is 0.721. The van der Waals surface area contributed by atoms with Gasteiger partial charge in [0.05, 0.1) is 6.61 Å². The lowest BCUT2D eigenvalue weighted by molar-refractivity contribution is -0.142. The largest absolute Gasteiger partial charge is 0.383 e. The van der Waals surface area contributed by atoms with Gasteiger partial charge in [0.15, 0.2) is 0 Å². The number of hydrogen-bond donors (Lipinski definition) is 1. The van der Waals surface area contributed by atoms with Crippen molar-refractivity contribution in [3.8, 4) is 0 Å². The molecule has 0 aromatic carbocycles. The van der Waals surface area contributed by atoms with E-state index in [0.717, 1.165) is 19.4 Å². The SMILES string of the molecule is COCCN(CCCN)C(=O)C1CCOCC1C. The van der Waals surface area contributed by atoms with Gasteiger partial charge in [-0.05, 0) is 25.3 Å². The van der Waals surface area contributed by atoms with E-state index in [9.17, 15) is 4.79 Å². The predicted molar refractivity (Wildman–Crippen MR) is 70.2 cm³/mol. The lowest BCUT2D eigenvalue weighted by Gasteiger charge is -2.33. The van der Waals surface area contributed by atoms with Crippen LogP contribution in [0.5, 0.6) is 0 Å². The fourth-order valence-electron chi connectivity index (χ4n) is 2.30. The van der Waals surface area contributed by atoms with Gasteiger partial charge in [0.2, 0.25) is 5.91 Å². The van der Waals surface area contributed by atoms with Crippen LogP contribution in [-0.2, 0) is 14.3 Å². The number of nitrogens with zero attached hydrogens (tertiary/aromatic N) is 1. The van der Waals surface area contributed by atoms with Gasteiger partial charge in [-0.25, -0.2) is 0 Å². The van der Waals surface area contributed by atoms with Crippen LogP contribution in [0.4, 0.5) is 0 Å². The summed E-state index contributed by atoms with van der Waals surface area (Å²) in [6.45, 7) is 6.02. The van der Waals surface area contributed by atoms with E-state index >= 15 is 0 Å². The molecule has 1 heterocycles. The van der Waals surface area contributed by atoms with Crippen molar-refractivity contribution in [3.05, 3.63) is 0 Å². The number of rotatable bonds is 7. The molecule has 18 heavy (non-hydrogen) atoms. The average molecular weight is 258 g/mol. The van der Waals surface area contributed by atoms with Crippen molar-refractivity contribution < 1.29 is 14.3 Å². The summed E-state index contributed by atoms with van der Waals surface area (Å²) in [5.74, 6) is 0.624. The standard InChI is InChI=1S/C13H26N2O3/c1-11-10-18-8-4-12(11)13(16)15(6-3-5-14)7-9-17-2/h11-12H,3-10,14H2,1-2H3. The molecule has 0 aromatic rings. The van der Waals surface area contributed by atoms with Crippen molar-refractivity contribution >= 4 is 5.91 Å². The summed E-state index contributed by atoms with van der Waals surface area (Å²) < 4.78 is 10.5. The highest BCUT2D eigenvalue weighted by molar-refractivity contribution is 5.79. The van der Waals surface area contributed by atoms with E-state index in [1.807, 2.05) is 4.90 Å². The monoisotopic (exact) mass is 258 g/mol. The second-order valence-electron chi connectivity index (χ2n) is 4.91. The highest BCUT2D eigenvalue weighted by Crippen LogP contribution is 2.23. The number of hydrogen-bond acceptors (Lipinski definition) is 4. The molecule has 106 valence electrons. The van der Waals surface area contributed by atoms with E-state index in [4.69, 9.17) is 15.2 Å². The first-order valence-electron chi connectivity index (χ1n) is 6.76. The van der Waals surface area contributed by atoms with Gasteiger partial charge in [0.1, 0.15) is 0 Å². The van der Waals surface area contributed by atoms with Crippen molar-refractivity contribution in [1.82, 2.24) is 4.90 Å². The number of amides is 1. The molecule has 2 N–H and O–H groups in total. The molecule has 2 unspecified atom stereocenters. The molecule has 5 heteroatoms. The highest BCUT2D eigenvalue weighted by Gasteiger charge is 2.31. The van der Waals surface area contributed by atoms with E-state index in [-0.39, 0.29) is 11.8 Å². The Balaban J connectivity index is 2.55. The second kappa shape index (κ2) is 8.45. The van der Waals surface area contributed by atoms with Crippen LogP contribution in [0.25, 0.3) is 0 Å². The Labute approximate surface area is 110 Å². The molecule has 1 amide bonds. The Morgan fingerprint density at radius 1 is 1.50 bits per heavy atom. The molecule has 0 saturated carbocycles. The third-order valence-electron chi connectivity index (χ3n) is 3.47. The van der Waals surface area contributed by atoms with Crippen molar-refractivity contribution in [2.45, 2.75) is 19.8 Å². The minimum absolute atomic E-state index is 0.0911. The van der Waals surface area contributed by atoms with Gasteiger partial charge in [0.25, 0.3) is 0 Å². The van der Waals surface area contributed by atoms with Crippen molar-refractivity contribution in [2.75, 3.05) is 46.6 Å². The molecule has 5 nitrogen and oxygen atoms in total. The zero-order chi connectivity index (χ0) is 13.4. The first-order valence-corrected chi connectivity index (χ1v) is 6.76. The lowest BCUT2D eigenvalue weighted by atomic mass is 9.88. The lowest BCUT2D eigenvalue weighted by Crippen LogP contribution is -2.44. The predicted octanol–water partition coefficient (Wildman–Crippen LogP) is 0.483. The zero-order valence-corrected chi connectivity index (χ0v) is 11.6. The van der Waals surface area contributed by atoms with E-state index in [1.165, 1.54) is 0 Å². The number of carbonyl (C=O) groups is 1. The molecule has 1 fully saturated rings. The summed E-state index contributed by atoms with van der Waals surface area (Å²) in [5.41, 5.74) is 5.52. The molecule has 0 aromatic heterocycles. The number of carbonyl (C=O) groups excluding carboxylic acids is 1. The van der Waals surface area contributed by atoms with E-state index < -0.39 is 0 Å². The fourth-order valence-corrected chi connectivity index (χ4v) is 2.30. The molecule has 0 spiro atoms. The second-order valence-corrected chi connectivity index (χ2v) is 4.91. The molecule has 1 saturated heterocycles. The molecule has 0 bridgehead atoms.